The smallest absolute Gasteiger partial charge is 0.409 e. The second-order valence-corrected chi connectivity index (χ2v) is 2.73. The molecule has 2 aromatic rings. The molecule has 0 spiro atoms. The summed E-state index contributed by atoms with van der Waals surface area (Å²) in [6.07, 6.45) is 0. The lowest BCUT2D eigenvalue weighted by Crippen LogP contribution is -2.29. The molecule has 1 aromatic heterocycles. The number of hydrogen-bond acceptors (Lipinski definition) is 3. The summed E-state index contributed by atoms with van der Waals surface area (Å²) in [7, 11) is 1.39. The first kappa shape index (κ1) is 11.2. The van der Waals surface area contributed by atoms with E-state index >= 15 is 0 Å². The zero-order valence-electron chi connectivity index (χ0n) is 8.98. The second kappa shape index (κ2) is 4.59. The Morgan fingerprint density at radius 3 is 2.40 bits per heavy atom. The second-order valence-electron chi connectivity index (χ2n) is 2.73. The minimum absolute atomic E-state index is 0.327. The SMILES string of the molecule is CC.Cn1c(=O)oc2ccccc2c1=O. The summed E-state index contributed by atoms with van der Waals surface area (Å²) in [5, 5.41) is 0.421. The number of rotatable bonds is 0. The molecule has 1 heterocycles. The molecule has 4 nitrogen and oxygen atoms in total. The van der Waals surface area contributed by atoms with E-state index in [1.165, 1.54) is 7.05 Å². The molecule has 0 unspecified atom stereocenters. The van der Waals surface area contributed by atoms with Crippen LogP contribution in [0.3, 0.4) is 0 Å². The largest absolute Gasteiger partial charge is 0.422 e. The van der Waals surface area contributed by atoms with E-state index in [9.17, 15) is 9.59 Å². The van der Waals surface area contributed by atoms with Crippen LogP contribution in [0.1, 0.15) is 13.8 Å². The van der Waals surface area contributed by atoms with Gasteiger partial charge >= 0.3 is 5.76 Å². The lowest BCUT2D eigenvalue weighted by Gasteiger charge is -1.97. The number of aromatic nitrogens is 1. The predicted octanol–water partition coefficient (Wildman–Crippen LogP) is 1.52. The highest BCUT2D eigenvalue weighted by atomic mass is 16.4. The molecule has 0 aliphatic carbocycles. The third-order valence-corrected chi connectivity index (χ3v) is 1.89. The van der Waals surface area contributed by atoms with Gasteiger partial charge in [0.15, 0.2) is 0 Å². The summed E-state index contributed by atoms with van der Waals surface area (Å²) in [5.41, 5.74) is 0.00227. The molecule has 0 radical (unpaired) electrons. The van der Waals surface area contributed by atoms with Gasteiger partial charge in [0.1, 0.15) is 5.58 Å². The van der Waals surface area contributed by atoms with Gasteiger partial charge in [0.25, 0.3) is 5.56 Å². The molecular formula is C11H13NO3. The fourth-order valence-corrected chi connectivity index (χ4v) is 1.16. The fourth-order valence-electron chi connectivity index (χ4n) is 1.16. The number of hydrogen-bond donors (Lipinski definition) is 0. The van der Waals surface area contributed by atoms with Crippen LogP contribution < -0.4 is 11.3 Å². The van der Waals surface area contributed by atoms with Crippen LogP contribution in [0.25, 0.3) is 11.0 Å². The molecule has 2 rings (SSSR count). The van der Waals surface area contributed by atoms with E-state index in [0.29, 0.717) is 11.0 Å². The standard InChI is InChI=1S/C9H7NO3.C2H6/c1-10-8(11)6-4-2-3-5-7(6)13-9(10)12;1-2/h2-5H,1H3;1-2H3. The van der Waals surface area contributed by atoms with Crippen molar-refractivity contribution in [2.75, 3.05) is 0 Å². The maximum absolute atomic E-state index is 11.5. The predicted molar refractivity (Wildman–Crippen MR) is 59.1 cm³/mol. The van der Waals surface area contributed by atoms with Crippen LogP contribution in [-0.2, 0) is 7.05 Å². The van der Waals surface area contributed by atoms with Crippen LogP contribution in [0.2, 0.25) is 0 Å². The van der Waals surface area contributed by atoms with Crippen molar-refractivity contribution in [2.45, 2.75) is 13.8 Å². The molecule has 0 atom stereocenters. The highest BCUT2D eigenvalue weighted by Gasteiger charge is 2.03. The van der Waals surface area contributed by atoms with Crippen LogP contribution in [0, 0.1) is 0 Å². The summed E-state index contributed by atoms with van der Waals surface area (Å²) in [6, 6.07) is 6.66. The van der Waals surface area contributed by atoms with Gasteiger partial charge in [0.05, 0.1) is 5.39 Å². The van der Waals surface area contributed by atoms with Crippen molar-refractivity contribution in [3.8, 4) is 0 Å². The summed E-state index contributed by atoms with van der Waals surface area (Å²) in [6.45, 7) is 4.00. The maximum Gasteiger partial charge on any atom is 0.422 e. The molecule has 0 saturated carbocycles. The van der Waals surface area contributed by atoms with Gasteiger partial charge in [0, 0.05) is 7.05 Å². The van der Waals surface area contributed by atoms with Crippen LogP contribution in [0.5, 0.6) is 0 Å². The van der Waals surface area contributed by atoms with Crippen molar-refractivity contribution in [1.29, 1.82) is 0 Å². The van der Waals surface area contributed by atoms with Crippen molar-refractivity contribution in [3.05, 3.63) is 45.2 Å². The quantitative estimate of drug-likeness (QED) is 0.658. The van der Waals surface area contributed by atoms with Gasteiger partial charge in [-0.3, -0.25) is 4.79 Å². The van der Waals surface area contributed by atoms with Gasteiger partial charge in [-0.1, -0.05) is 26.0 Å². The van der Waals surface area contributed by atoms with Gasteiger partial charge in [0.2, 0.25) is 0 Å². The highest BCUT2D eigenvalue weighted by Crippen LogP contribution is 2.04. The third-order valence-electron chi connectivity index (χ3n) is 1.89. The van der Waals surface area contributed by atoms with Gasteiger partial charge < -0.3 is 4.42 Å². The fraction of sp³-hybridized carbons (Fsp3) is 0.273. The number of fused-ring (bicyclic) bond motifs is 1. The van der Waals surface area contributed by atoms with E-state index in [4.69, 9.17) is 4.42 Å². The van der Waals surface area contributed by atoms with Crippen LogP contribution >= 0.6 is 0 Å². The van der Waals surface area contributed by atoms with Crippen LogP contribution in [0.15, 0.2) is 38.3 Å². The Bertz CT molecular complexity index is 566. The normalized spacial score (nSPS) is 9.53. The molecule has 0 aliphatic heterocycles. The Hall–Kier alpha value is -1.84. The first-order chi connectivity index (χ1) is 7.20. The zero-order valence-corrected chi connectivity index (χ0v) is 8.98. The Morgan fingerprint density at radius 1 is 1.13 bits per heavy atom. The summed E-state index contributed by atoms with van der Waals surface area (Å²) < 4.78 is 5.83. The summed E-state index contributed by atoms with van der Waals surface area (Å²) in [5.74, 6) is -0.635. The molecule has 0 saturated heterocycles. The van der Waals surface area contributed by atoms with E-state index in [-0.39, 0.29) is 5.56 Å². The number of benzene rings is 1. The Morgan fingerprint density at radius 2 is 1.73 bits per heavy atom. The lowest BCUT2D eigenvalue weighted by atomic mass is 10.2. The van der Waals surface area contributed by atoms with Crippen molar-refractivity contribution in [2.24, 2.45) is 7.05 Å². The van der Waals surface area contributed by atoms with E-state index in [1.807, 2.05) is 13.8 Å². The van der Waals surface area contributed by atoms with Crippen molar-refractivity contribution in [1.82, 2.24) is 4.57 Å². The maximum atomic E-state index is 11.5. The molecule has 0 aliphatic rings. The van der Waals surface area contributed by atoms with Crippen molar-refractivity contribution < 1.29 is 4.42 Å². The Kier molecular flexibility index (Phi) is 3.44. The average molecular weight is 207 g/mol. The molecule has 80 valence electrons. The minimum atomic E-state index is -0.635. The highest BCUT2D eigenvalue weighted by molar-refractivity contribution is 5.74. The lowest BCUT2D eigenvalue weighted by molar-refractivity contribution is 0.485. The van der Waals surface area contributed by atoms with Gasteiger partial charge in [-0.2, -0.15) is 0 Å². The van der Waals surface area contributed by atoms with E-state index in [2.05, 4.69) is 0 Å². The van der Waals surface area contributed by atoms with E-state index in [1.54, 1.807) is 24.3 Å². The summed E-state index contributed by atoms with van der Waals surface area (Å²) in [4.78, 5) is 22.5. The van der Waals surface area contributed by atoms with Gasteiger partial charge in [-0.25, -0.2) is 9.36 Å². The van der Waals surface area contributed by atoms with Crippen LogP contribution in [-0.4, -0.2) is 4.57 Å². The molecule has 4 heteroatoms. The van der Waals surface area contributed by atoms with Crippen LogP contribution in [0.4, 0.5) is 0 Å². The molecule has 0 bridgehead atoms. The third kappa shape index (κ3) is 1.98. The monoisotopic (exact) mass is 207 g/mol. The average Bonchev–Trinajstić information content (AvgIpc) is 2.29. The van der Waals surface area contributed by atoms with Gasteiger partial charge in [-0.05, 0) is 12.1 Å². The first-order valence-electron chi connectivity index (χ1n) is 4.79. The molecular weight excluding hydrogens is 194 g/mol. The minimum Gasteiger partial charge on any atom is -0.409 e. The molecule has 1 aromatic carbocycles. The summed E-state index contributed by atoms with van der Waals surface area (Å²) >= 11 is 0. The van der Waals surface area contributed by atoms with Gasteiger partial charge in [-0.15, -0.1) is 0 Å². The van der Waals surface area contributed by atoms with E-state index < -0.39 is 5.76 Å². The molecule has 0 N–H and O–H groups in total. The molecule has 15 heavy (non-hydrogen) atoms. The topological polar surface area (TPSA) is 52.2 Å². The van der Waals surface area contributed by atoms with Crippen molar-refractivity contribution >= 4 is 11.0 Å². The van der Waals surface area contributed by atoms with Crippen molar-refractivity contribution in [3.63, 3.8) is 0 Å². The number of nitrogens with zero attached hydrogens (tertiary/aromatic N) is 1. The first-order valence-corrected chi connectivity index (χ1v) is 4.79. The molecule has 0 amide bonds. The molecule has 0 fully saturated rings. The zero-order chi connectivity index (χ0) is 11.4. The number of para-hydroxylation sites is 1. The van der Waals surface area contributed by atoms with E-state index in [0.717, 1.165) is 4.57 Å². The Balaban J connectivity index is 0.000000531. The Labute approximate surface area is 86.8 Å².